The zero-order chi connectivity index (χ0) is 22.7. The van der Waals surface area contributed by atoms with Crippen LogP contribution in [-0.4, -0.2) is 62.2 Å². The molecule has 2 fully saturated rings. The molecule has 0 aliphatic carbocycles. The predicted molar refractivity (Wildman–Crippen MR) is 123 cm³/mol. The Morgan fingerprint density at radius 2 is 1.59 bits per heavy atom. The van der Waals surface area contributed by atoms with Crippen molar-refractivity contribution in [3.63, 3.8) is 0 Å². The molecule has 2 aromatic rings. The Labute approximate surface area is 189 Å². The van der Waals surface area contributed by atoms with Crippen LogP contribution >= 0.6 is 0 Å². The summed E-state index contributed by atoms with van der Waals surface area (Å²) in [6.07, 6.45) is 2.34. The molecule has 2 aliphatic rings. The third-order valence-corrected chi connectivity index (χ3v) is 8.06. The van der Waals surface area contributed by atoms with E-state index in [1.165, 1.54) is 4.31 Å². The van der Waals surface area contributed by atoms with Crippen LogP contribution in [0.4, 0.5) is 5.69 Å². The third kappa shape index (κ3) is 4.86. The summed E-state index contributed by atoms with van der Waals surface area (Å²) < 4.78 is 27.4. The fraction of sp³-hybridized carbons (Fsp3) is 0.417. The summed E-state index contributed by atoms with van der Waals surface area (Å²) >= 11 is 0. The van der Waals surface area contributed by atoms with Crippen LogP contribution in [0.5, 0.6) is 0 Å². The summed E-state index contributed by atoms with van der Waals surface area (Å²) in [5.41, 5.74) is 2.77. The summed E-state index contributed by atoms with van der Waals surface area (Å²) in [5.74, 6) is 0.133. The molecule has 170 valence electrons. The van der Waals surface area contributed by atoms with Gasteiger partial charge in [0.25, 0.3) is 0 Å². The van der Waals surface area contributed by atoms with Crippen LogP contribution in [0.2, 0.25) is 0 Å². The first-order valence-corrected chi connectivity index (χ1v) is 12.5. The molecule has 2 saturated heterocycles. The van der Waals surface area contributed by atoms with Crippen molar-refractivity contribution in [3.05, 3.63) is 59.7 Å². The van der Waals surface area contributed by atoms with Crippen LogP contribution in [0, 0.1) is 6.92 Å². The Kier molecular flexibility index (Phi) is 6.62. The highest BCUT2D eigenvalue weighted by Gasteiger charge is 2.28. The zero-order valence-corrected chi connectivity index (χ0v) is 19.2. The molecule has 7 nitrogen and oxygen atoms in total. The molecule has 8 heteroatoms. The molecular weight excluding hydrogens is 426 g/mol. The molecule has 0 aromatic heterocycles. The van der Waals surface area contributed by atoms with Crippen molar-refractivity contribution in [2.45, 2.75) is 37.5 Å². The third-order valence-electron chi connectivity index (χ3n) is 6.14. The Balaban J connectivity index is 1.36. The van der Waals surface area contributed by atoms with E-state index >= 15 is 0 Å². The van der Waals surface area contributed by atoms with Gasteiger partial charge in [0.15, 0.2) is 0 Å². The van der Waals surface area contributed by atoms with E-state index in [2.05, 4.69) is 0 Å². The monoisotopic (exact) mass is 455 g/mol. The Morgan fingerprint density at radius 1 is 0.875 bits per heavy atom. The quantitative estimate of drug-likeness (QED) is 0.694. The van der Waals surface area contributed by atoms with E-state index in [-0.39, 0.29) is 24.8 Å². The van der Waals surface area contributed by atoms with Crippen LogP contribution in [0.25, 0.3) is 0 Å². The Morgan fingerprint density at radius 3 is 2.25 bits per heavy atom. The average molecular weight is 456 g/mol. The van der Waals surface area contributed by atoms with Gasteiger partial charge in [-0.1, -0.05) is 29.8 Å². The summed E-state index contributed by atoms with van der Waals surface area (Å²) in [6.45, 7) is 4.28. The molecule has 4 rings (SSSR count). The van der Waals surface area contributed by atoms with Crippen LogP contribution in [-0.2, 0) is 26.0 Å². The van der Waals surface area contributed by atoms with Gasteiger partial charge in [-0.3, -0.25) is 9.59 Å². The van der Waals surface area contributed by atoms with Gasteiger partial charge >= 0.3 is 0 Å². The van der Waals surface area contributed by atoms with Gasteiger partial charge in [0.05, 0.1) is 11.3 Å². The van der Waals surface area contributed by atoms with Gasteiger partial charge in [0.2, 0.25) is 21.8 Å². The van der Waals surface area contributed by atoms with E-state index in [0.717, 1.165) is 29.8 Å². The number of nitrogens with zero attached hydrogens (tertiary/aromatic N) is 3. The highest BCUT2D eigenvalue weighted by Crippen LogP contribution is 2.22. The zero-order valence-electron chi connectivity index (χ0n) is 18.4. The lowest BCUT2D eigenvalue weighted by molar-refractivity contribution is -0.130. The maximum atomic E-state index is 13.0. The second-order valence-corrected chi connectivity index (χ2v) is 10.4. The minimum atomic E-state index is -3.56. The van der Waals surface area contributed by atoms with Crippen LogP contribution in [0.1, 0.15) is 30.4 Å². The minimum absolute atomic E-state index is 0.00965. The van der Waals surface area contributed by atoms with Crippen molar-refractivity contribution in [2.24, 2.45) is 0 Å². The maximum absolute atomic E-state index is 13.0. The number of benzene rings is 2. The van der Waals surface area contributed by atoms with Crippen molar-refractivity contribution in [1.29, 1.82) is 0 Å². The SMILES string of the molecule is Cc1ccc(S(=O)(=O)N2CCCN(C(=O)Cc3ccc(N4CCCC4=O)cc3)CC2)cc1. The van der Waals surface area contributed by atoms with E-state index in [1.807, 2.05) is 31.2 Å². The number of carbonyl (C=O) groups excluding carboxylic acids is 2. The van der Waals surface area contributed by atoms with E-state index in [0.29, 0.717) is 37.4 Å². The summed E-state index contributed by atoms with van der Waals surface area (Å²) in [7, 11) is -3.56. The minimum Gasteiger partial charge on any atom is -0.341 e. The van der Waals surface area contributed by atoms with Crippen molar-refractivity contribution in [2.75, 3.05) is 37.6 Å². The van der Waals surface area contributed by atoms with Crippen molar-refractivity contribution in [3.8, 4) is 0 Å². The number of anilines is 1. The molecule has 0 radical (unpaired) electrons. The first-order chi connectivity index (χ1) is 15.3. The van der Waals surface area contributed by atoms with E-state index in [4.69, 9.17) is 0 Å². The summed E-state index contributed by atoms with van der Waals surface area (Å²) in [6, 6.07) is 14.4. The standard InChI is InChI=1S/C24H29N3O4S/c1-19-5-11-22(12-6-19)32(30,31)26-14-3-13-25(16-17-26)24(29)18-20-7-9-21(10-8-20)27-15-2-4-23(27)28/h5-12H,2-4,13-18H2,1H3. The second kappa shape index (κ2) is 9.42. The van der Waals surface area contributed by atoms with Gasteiger partial charge in [-0.15, -0.1) is 0 Å². The molecule has 0 unspecified atom stereocenters. The fourth-order valence-corrected chi connectivity index (χ4v) is 5.71. The van der Waals surface area contributed by atoms with Gasteiger partial charge in [-0.2, -0.15) is 4.31 Å². The number of aryl methyl sites for hydroxylation is 1. The van der Waals surface area contributed by atoms with Crippen molar-refractivity contribution < 1.29 is 18.0 Å². The molecule has 0 bridgehead atoms. The summed E-state index contributed by atoms with van der Waals surface area (Å²) in [5, 5.41) is 0. The number of hydrogen-bond donors (Lipinski definition) is 0. The Hall–Kier alpha value is -2.71. The normalized spacial score (nSPS) is 18.1. The number of amides is 2. The van der Waals surface area contributed by atoms with Gasteiger partial charge in [0, 0.05) is 44.8 Å². The molecule has 0 saturated carbocycles. The lowest BCUT2D eigenvalue weighted by Crippen LogP contribution is -2.38. The maximum Gasteiger partial charge on any atom is 0.243 e. The fourth-order valence-electron chi connectivity index (χ4n) is 4.24. The lowest BCUT2D eigenvalue weighted by Gasteiger charge is -2.22. The van der Waals surface area contributed by atoms with E-state index < -0.39 is 10.0 Å². The second-order valence-electron chi connectivity index (χ2n) is 8.44. The number of rotatable bonds is 5. The summed E-state index contributed by atoms with van der Waals surface area (Å²) in [4.78, 5) is 28.6. The highest BCUT2D eigenvalue weighted by atomic mass is 32.2. The van der Waals surface area contributed by atoms with E-state index in [9.17, 15) is 18.0 Å². The lowest BCUT2D eigenvalue weighted by atomic mass is 10.1. The molecule has 0 N–H and O–H groups in total. The number of sulfonamides is 1. The largest absolute Gasteiger partial charge is 0.341 e. The van der Waals surface area contributed by atoms with Gasteiger partial charge in [-0.05, 0) is 49.6 Å². The first-order valence-electron chi connectivity index (χ1n) is 11.1. The van der Waals surface area contributed by atoms with Gasteiger partial charge in [0.1, 0.15) is 0 Å². The highest BCUT2D eigenvalue weighted by molar-refractivity contribution is 7.89. The first kappa shape index (κ1) is 22.5. The van der Waals surface area contributed by atoms with Gasteiger partial charge in [-0.25, -0.2) is 8.42 Å². The van der Waals surface area contributed by atoms with Crippen molar-refractivity contribution in [1.82, 2.24) is 9.21 Å². The smallest absolute Gasteiger partial charge is 0.243 e. The number of carbonyl (C=O) groups is 2. The molecule has 2 heterocycles. The van der Waals surface area contributed by atoms with Crippen LogP contribution < -0.4 is 4.90 Å². The van der Waals surface area contributed by atoms with Crippen LogP contribution in [0.3, 0.4) is 0 Å². The molecule has 0 spiro atoms. The predicted octanol–water partition coefficient (Wildman–Crippen LogP) is 2.59. The molecule has 32 heavy (non-hydrogen) atoms. The average Bonchev–Trinajstić information content (AvgIpc) is 3.05. The molecule has 0 atom stereocenters. The Bertz CT molecular complexity index is 1080. The van der Waals surface area contributed by atoms with Gasteiger partial charge < -0.3 is 9.80 Å². The van der Waals surface area contributed by atoms with Crippen LogP contribution in [0.15, 0.2) is 53.4 Å². The van der Waals surface area contributed by atoms with Crippen molar-refractivity contribution >= 4 is 27.5 Å². The molecule has 2 aliphatic heterocycles. The number of hydrogen-bond acceptors (Lipinski definition) is 4. The van der Waals surface area contributed by atoms with E-state index in [1.54, 1.807) is 34.1 Å². The molecule has 2 amide bonds. The topological polar surface area (TPSA) is 78.0 Å². The molecule has 2 aromatic carbocycles. The molecular formula is C24H29N3O4S.